The maximum atomic E-state index is 12.2. The molecule has 10 heteroatoms. The lowest BCUT2D eigenvalue weighted by Gasteiger charge is -2.22. The van der Waals surface area contributed by atoms with Crippen LogP contribution in [-0.2, 0) is 14.3 Å². The molecule has 0 saturated heterocycles. The van der Waals surface area contributed by atoms with Crippen molar-refractivity contribution in [2.24, 2.45) is 0 Å². The van der Waals surface area contributed by atoms with Gasteiger partial charge in [-0.05, 0) is 39.8 Å². The summed E-state index contributed by atoms with van der Waals surface area (Å²) in [4.78, 5) is 46.2. The third kappa shape index (κ3) is 8.07. The number of thioether (sulfide) groups is 1. The van der Waals surface area contributed by atoms with Crippen LogP contribution in [-0.4, -0.2) is 46.1 Å². The average molecular weight is 398 g/mol. The molecule has 1 aromatic carbocycles. The minimum absolute atomic E-state index is 0.0755. The van der Waals surface area contributed by atoms with Crippen LogP contribution in [0.15, 0.2) is 24.3 Å². The van der Waals surface area contributed by atoms with Gasteiger partial charge in [0.05, 0.1) is 11.5 Å². The van der Waals surface area contributed by atoms with E-state index in [0.29, 0.717) is 0 Å². The number of carbonyl (C=O) groups excluding carboxylic acids is 3. The van der Waals surface area contributed by atoms with E-state index in [4.69, 9.17) is 9.47 Å². The van der Waals surface area contributed by atoms with Crippen molar-refractivity contribution >= 4 is 34.6 Å². The molecule has 9 nitrogen and oxygen atoms in total. The number of rotatable bonds is 7. The molecular weight excluding hydrogens is 376 g/mol. The van der Waals surface area contributed by atoms with Crippen molar-refractivity contribution < 1.29 is 28.8 Å². The minimum atomic E-state index is -1.08. The fraction of sp³-hybridized carbons (Fsp3) is 0.471. The van der Waals surface area contributed by atoms with Crippen molar-refractivity contribution in [3.05, 3.63) is 39.9 Å². The van der Waals surface area contributed by atoms with Gasteiger partial charge in [0.2, 0.25) is 5.12 Å². The normalized spacial score (nSPS) is 12.0. The molecular formula is C17H22N2O7S. The fourth-order valence-electron chi connectivity index (χ4n) is 1.82. The number of nitrogens with zero attached hydrogens (tertiary/aromatic N) is 1. The lowest BCUT2D eigenvalue weighted by Crippen LogP contribution is -2.46. The number of alkyl carbamates (subject to hydrolysis) is 1. The number of carbonyl (C=O) groups is 3. The maximum absolute atomic E-state index is 12.2. The zero-order valence-corrected chi connectivity index (χ0v) is 16.3. The molecule has 1 atom stereocenters. The van der Waals surface area contributed by atoms with Gasteiger partial charge < -0.3 is 14.8 Å². The molecule has 0 fully saturated rings. The zero-order valence-electron chi connectivity index (χ0n) is 15.5. The Morgan fingerprint density at radius 1 is 1.22 bits per heavy atom. The summed E-state index contributed by atoms with van der Waals surface area (Å²) in [6.07, 6.45) is -0.802. The Hall–Kier alpha value is -2.62. The Morgan fingerprint density at radius 3 is 2.30 bits per heavy atom. The number of ether oxygens (including phenoxy) is 2. The van der Waals surface area contributed by atoms with E-state index >= 15 is 0 Å². The van der Waals surface area contributed by atoms with Crippen LogP contribution in [0.4, 0.5) is 10.5 Å². The molecule has 27 heavy (non-hydrogen) atoms. The van der Waals surface area contributed by atoms with Crippen LogP contribution in [0, 0.1) is 10.1 Å². The highest BCUT2D eigenvalue weighted by Crippen LogP contribution is 2.18. The lowest BCUT2D eigenvalue weighted by molar-refractivity contribution is -0.384. The first-order valence-electron chi connectivity index (χ1n) is 8.11. The molecule has 1 amide bonds. The van der Waals surface area contributed by atoms with Gasteiger partial charge in [-0.3, -0.25) is 14.9 Å². The number of hydrogen-bond acceptors (Lipinski definition) is 8. The maximum Gasteiger partial charge on any atom is 0.408 e. The topological polar surface area (TPSA) is 125 Å². The molecule has 1 aromatic rings. The SMILES string of the molecule is CCOC(=O)[C@@H](CSC(=O)c1ccc([N+](=O)[O-])cc1)NC(=O)OC(C)(C)C. The Labute approximate surface area is 160 Å². The van der Waals surface area contributed by atoms with E-state index in [2.05, 4.69) is 5.32 Å². The van der Waals surface area contributed by atoms with Crippen LogP contribution in [0.5, 0.6) is 0 Å². The number of nitro benzene ring substituents is 1. The Morgan fingerprint density at radius 2 is 1.81 bits per heavy atom. The summed E-state index contributed by atoms with van der Waals surface area (Å²) in [5, 5.41) is 12.6. The molecule has 0 spiro atoms. The second-order valence-corrected chi connectivity index (χ2v) is 7.35. The molecule has 0 unspecified atom stereocenters. The molecule has 0 aliphatic rings. The summed E-state index contributed by atoms with van der Waals surface area (Å²) < 4.78 is 10.0. The second kappa shape index (κ2) is 9.91. The lowest BCUT2D eigenvalue weighted by atomic mass is 10.2. The van der Waals surface area contributed by atoms with Gasteiger partial charge in [-0.1, -0.05) is 11.8 Å². The summed E-state index contributed by atoms with van der Waals surface area (Å²) in [6.45, 7) is 6.78. The van der Waals surface area contributed by atoms with Gasteiger partial charge in [0, 0.05) is 23.4 Å². The molecule has 0 bridgehead atoms. The van der Waals surface area contributed by atoms with Crippen LogP contribution < -0.4 is 5.32 Å². The van der Waals surface area contributed by atoms with Crippen LogP contribution >= 0.6 is 11.8 Å². The molecule has 1 rings (SSSR count). The van der Waals surface area contributed by atoms with Crippen molar-refractivity contribution in [3.63, 3.8) is 0 Å². The highest BCUT2D eigenvalue weighted by atomic mass is 32.2. The highest BCUT2D eigenvalue weighted by molar-refractivity contribution is 8.14. The molecule has 0 aliphatic carbocycles. The van der Waals surface area contributed by atoms with Gasteiger partial charge in [-0.2, -0.15) is 0 Å². The van der Waals surface area contributed by atoms with Crippen LogP contribution in [0.25, 0.3) is 0 Å². The monoisotopic (exact) mass is 398 g/mol. The summed E-state index contributed by atoms with van der Waals surface area (Å²) in [7, 11) is 0. The van der Waals surface area contributed by atoms with Crippen molar-refractivity contribution in [1.82, 2.24) is 5.32 Å². The molecule has 0 heterocycles. The van der Waals surface area contributed by atoms with Crippen LogP contribution in [0.3, 0.4) is 0 Å². The van der Waals surface area contributed by atoms with Crippen molar-refractivity contribution in [2.75, 3.05) is 12.4 Å². The fourth-order valence-corrected chi connectivity index (χ4v) is 2.66. The number of nitrogens with one attached hydrogen (secondary N) is 1. The third-order valence-electron chi connectivity index (χ3n) is 2.96. The number of esters is 1. The first kappa shape index (κ1) is 22.4. The van der Waals surface area contributed by atoms with E-state index in [1.54, 1.807) is 27.7 Å². The minimum Gasteiger partial charge on any atom is -0.464 e. The van der Waals surface area contributed by atoms with Gasteiger partial charge >= 0.3 is 12.1 Å². The summed E-state index contributed by atoms with van der Waals surface area (Å²) in [5.74, 6) is -0.763. The number of hydrogen-bond donors (Lipinski definition) is 1. The highest BCUT2D eigenvalue weighted by Gasteiger charge is 2.26. The van der Waals surface area contributed by atoms with Crippen molar-refractivity contribution in [3.8, 4) is 0 Å². The molecule has 0 aromatic heterocycles. The Kier molecular flexibility index (Phi) is 8.23. The predicted molar refractivity (Wildman–Crippen MR) is 99.7 cm³/mol. The van der Waals surface area contributed by atoms with Gasteiger partial charge in [0.25, 0.3) is 5.69 Å². The van der Waals surface area contributed by atoms with E-state index in [-0.39, 0.29) is 23.6 Å². The smallest absolute Gasteiger partial charge is 0.408 e. The standard InChI is InChI=1S/C17H22N2O7S/c1-5-25-14(20)13(18-16(22)26-17(2,3)4)10-27-15(21)11-6-8-12(9-7-11)19(23)24/h6-9,13H,5,10H2,1-4H3,(H,18,22)/t13-/m1/s1. The van der Waals surface area contributed by atoms with Crippen LogP contribution in [0.1, 0.15) is 38.1 Å². The molecule has 0 saturated carbocycles. The van der Waals surface area contributed by atoms with Gasteiger partial charge in [-0.15, -0.1) is 0 Å². The van der Waals surface area contributed by atoms with Crippen LogP contribution in [0.2, 0.25) is 0 Å². The Bertz CT molecular complexity index is 698. The van der Waals surface area contributed by atoms with Gasteiger partial charge in [-0.25, -0.2) is 9.59 Å². The second-order valence-electron chi connectivity index (χ2n) is 6.35. The van der Waals surface area contributed by atoms with E-state index in [1.165, 1.54) is 24.3 Å². The number of non-ortho nitro benzene ring substituents is 1. The van der Waals surface area contributed by atoms with Gasteiger partial charge in [0.1, 0.15) is 11.6 Å². The molecule has 148 valence electrons. The summed E-state index contributed by atoms with van der Waals surface area (Å²) in [6, 6.07) is 4.01. The average Bonchev–Trinajstić information content (AvgIpc) is 2.56. The van der Waals surface area contributed by atoms with E-state index in [0.717, 1.165) is 11.8 Å². The largest absolute Gasteiger partial charge is 0.464 e. The predicted octanol–water partition coefficient (Wildman–Crippen LogP) is 2.92. The quantitative estimate of drug-likeness (QED) is 0.422. The first-order chi connectivity index (χ1) is 12.5. The summed E-state index contributed by atoms with van der Waals surface area (Å²) in [5.41, 5.74) is -0.636. The number of amides is 1. The number of nitro groups is 1. The van der Waals surface area contributed by atoms with Gasteiger partial charge in [0.15, 0.2) is 0 Å². The zero-order chi connectivity index (χ0) is 20.6. The van der Waals surface area contributed by atoms with Crippen molar-refractivity contribution in [2.45, 2.75) is 39.3 Å². The molecule has 0 radical (unpaired) electrons. The van der Waals surface area contributed by atoms with E-state index in [9.17, 15) is 24.5 Å². The summed E-state index contributed by atoms with van der Waals surface area (Å²) >= 11 is 0.786. The van der Waals surface area contributed by atoms with E-state index < -0.39 is 33.7 Å². The molecule has 0 aliphatic heterocycles. The first-order valence-corrected chi connectivity index (χ1v) is 9.09. The van der Waals surface area contributed by atoms with Crippen molar-refractivity contribution in [1.29, 1.82) is 0 Å². The number of benzene rings is 1. The Balaban J connectivity index is 2.74. The third-order valence-corrected chi connectivity index (χ3v) is 3.95. The molecule has 1 N–H and O–H groups in total. The van der Waals surface area contributed by atoms with E-state index in [1.807, 2.05) is 0 Å².